The lowest BCUT2D eigenvalue weighted by Gasteiger charge is -2.23. The first-order valence-electron chi connectivity index (χ1n) is 9.04. The Kier molecular flexibility index (Phi) is 4.53. The van der Waals surface area contributed by atoms with Gasteiger partial charge < -0.3 is 0 Å². The molecule has 1 aromatic heterocycles. The second-order valence-electron chi connectivity index (χ2n) is 6.64. The normalized spacial score (nSPS) is 14.9. The Balaban J connectivity index is 1.80. The maximum atomic E-state index is 13.3. The molecule has 1 saturated carbocycles. The molecule has 0 N–H and O–H groups in total. The number of amides is 1. The van der Waals surface area contributed by atoms with Gasteiger partial charge in [0.05, 0.1) is 15.9 Å². The van der Waals surface area contributed by atoms with Gasteiger partial charge in [-0.1, -0.05) is 55.4 Å². The zero-order valence-corrected chi connectivity index (χ0v) is 15.3. The van der Waals surface area contributed by atoms with Crippen molar-refractivity contribution in [3.63, 3.8) is 0 Å². The summed E-state index contributed by atoms with van der Waals surface area (Å²) >= 11 is 1.59. The zero-order valence-electron chi connectivity index (χ0n) is 14.4. The molecule has 128 valence electrons. The number of hydrogen-bond acceptors (Lipinski definition) is 3. The van der Waals surface area contributed by atoms with E-state index in [1.807, 2.05) is 35.2 Å². The summed E-state index contributed by atoms with van der Waals surface area (Å²) in [4.78, 5) is 19.9. The van der Waals surface area contributed by atoms with Crippen molar-refractivity contribution in [2.75, 3.05) is 4.90 Å². The number of hydrogen-bond donors (Lipinski definition) is 0. The minimum atomic E-state index is 0.122. The molecule has 1 heterocycles. The van der Waals surface area contributed by atoms with E-state index in [2.05, 4.69) is 25.1 Å². The average molecular weight is 350 g/mol. The molecular formula is C21H22N2OS. The highest BCUT2D eigenvalue weighted by atomic mass is 32.1. The Bertz CT molecular complexity index is 863. The summed E-state index contributed by atoms with van der Waals surface area (Å²) in [7, 11) is 0. The zero-order chi connectivity index (χ0) is 17.2. The Morgan fingerprint density at radius 2 is 1.96 bits per heavy atom. The molecule has 4 rings (SSSR count). The first kappa shape index (κ1) is 16.3. The minimum Gasteiger partial charge on any atom is -0.274 e. The molecular weight excluding hydrogens is 328 g/mol. The maximum absolute atomic E-state index is 13.3. The predicted molar refractivity (Wildman–Crippen MR) is 105 cm³/mol. The third-order valence-electron chi connectivity index (χ3n) is 4.98. The van der Waals surface area contributed by atoms with Crippen LogP contribution >= 0.6 is 11.3 Å². The standard InChI is InChI=1S/C21H22N2OS/c1-2-15-8-7-11-17(14-15)23(20(24)16-9-3-4-10-16)21-22-18-12-5-6-13-19(18)25-21/h5-8,11-14,16H,2-4,9-10H2,1H3. The van der Waals surface area contributed by atoms with Gasteiger partial charge in [-0.05, 0) is 49.1 Å². The highest BCUT2D eigenvalue weighted by Gasteiger charge is 2.30. The third-order valence-corrected chi connectivity index (χ3v) is 6.00. The van der Waals surface area contributed by atoms with Gasteiger partial charge in [0.15, 0.2) is 5.13 Å². The van der Waals surface area contributed by atoms with Gasteiger partial charge in [0, 0.05) is 5.92 Å². The number of nitrogens with zero attached hydrogens (tertiary/aromatic N) is 2. The number of para-hydroxylation sites is 1. The number of carbonyl (C=O) groups excluding carboxylic acids is 1. The molecule has 25 heavy (non-hydrogen) atoms. The van der Waals surface area contributed by atoms with Gasteiger partial charge in [-0.2, -0.15) is 0 Å². The first-order chi connectivity index (χ1) is 12.3. The van der Waals surface area contributed by atoms with Crippen LogP contribution in [-0.4, -0.2) is 10.9 Å². The molecule has 4 heteroatoms. The number of thiazole rings is 1. The van der Waals surface area contributed by atoms with Gasteiger partial charge in [0.25, 0.3) is 0 Å². The summed E-state index contributed by atoms with van der Waals surface area (Å²) < 4.78 is 1.12. The van der Waals surface area contributed by atoms with Crippen LogP contribution in [0.3, 0.4) is 0 Å². The van der Waals surface area contributed by atoms with E-state index in [-0.39, 0.29) is 11.8 Å². The molecule has 1 amide bonds. The highest BCUT2D eigenvalue weighted by Crippen LogP contribution is 2.37. The van der Waals surface area contributed by atoms with Crippen molar-refractivity contribution >= 4 is 38.3 Å². The number of anilines is 2. The number of carbonyl (C=O) groups is 1. The molecule has 0 bridgehead atoms. The van der Waals surface area contributed by atoms with Crippen LogP contribution in [0.4, 0.5) is 10.8 Å². The smallest absolute Gasteiger partial charge is 0.236 e. The van der Waals surface area contributed by atoms with Crippen molar-refractivity contribution in [3.8, 4) is 0 Å². The van der Waals surface area contributed by atoms with Crippen molar-refractivity contribution in [3.05, 3.63) is 54.1 Å². The molecule has 0 radical (unpaired) electrons. The van der Waals surface area contributed by atoms with E-state index in [1.54, 1.807) is 11.3 Å². The molecule has 0 spiro atoms. The molecule has 0 unspecified atom stereocenters. The number of benzene rings is 2. The van der Waals surface area contributed by atoms with E-state index in [9.17, 15) is 4.79 Å². The maximum Gasteiger partial charge on any atom is 0.236 e. The van der Waals surface area contributed by atoms with E-state index in [4.69, 9.17) is 4.98 Å². The van der Waals surface area contributed by atoms with E-state index in [0.717, 1.165) is 53.1 Å². The number of aromatic nitrogens is 1. The fourth-order valence-corrected chi connectivity index (χ4v) is 4.55. The monoisotopic (exact) mass is 350 g/mol. The van der Waals surface area contributed by atoms with Crippen molar-refractivity contribution < 1.29 is 4.79 Å². The average Bonchev–Trinajstić information content (AvgIpc) is 3.31. The number of fused-ring (bicyclic) bond motifs is 1. The van der Waals surface area contributed by atoms with Gasteiger partial charge in [0.2, 0.25) is 5.91 Å². The fourth-order valence-electron chi connectivity index (χ4n) is 3.56. The lowest BCUT2D eigenvalue weighted by Crippen LogP contribution is -2.31. The molecule has 2 aromatic carbocycles. The summed E-state index contributed by atoms with van der Waals surface area (Å²) in [6.45, 7) is 2.14. The van der Waals surface area contributed by atoms with Crippen LogP contribution in [-0.2, 0) is 11.2 Å². The van der Waals surface area contributed by atoms with Gasteiger partial charge in [-0.25, -0.2) is 4.98 Å². The van der Waals surface area contributed by atoms with Gasteiger partial charge >= 0.3 is 0 Å². The SMILES string of the molecule is CCc1cccc(N(C(=O)C2CCCC2)c2nc3ccccc3s2)c1. The van der Waals surface area contributed by atoms with Crippen LogP contribution in [0, 0.1) is 5.92 Å². The van der Waals surface area contributed by atoms with Crippen LogP contribution < -0.4 is 4.90 Å². The summed E-state index contributed by atoms with van der Waals surface area (Å²) in [6, 6.07) is 16.4. The van der Waals surface area contributed by atoms with Gasteiger partial charge in [0.1, 0.15) is 0 Å². The largest absolute Gasteiger partial charge is 0.274 e. The second kappa shape index (κ2) is 6.96. The minimum absolute atomic E-state index is 0.122. The summed E-state index contributed by atoms with van der Waals surface area (Å²) in [5.74, 6) is 0.321. The molecule has 1 aliphatic rings. The van der Waals surface area contributed by atoms with Crippen LogP contribution in [0.2, 0.25) is 0 Å². The van der Waals surface area contributed by atoms with Crippen LogP contribution in [0.15, 0.2) is 48.5 Å². The lowest BCUT2D eigenvalue weighted by atomic mass is 10.1. The Hall–Kier alpha value is -2.20. The van der Waals surface area contributed by atoms with Crippen LogP contribution in [0.1, 0.15) is 38.2 Å². The van der Waals surface area contributed by atoms with Gasteiger partial charge in [-0.3, -0.25) is 9.69 Å². The van der Waals surface area contributed by atoms with Crippen molar-refractivity contribution in [1.29, 1.82) is 0 Å². The van der Waals surface area contributed by atoms with E-state index in [0.29, 0.717) is 0 Å². The summed E-state index contributed by atoms with van der Waals surface area (Å²) in [5.41, 5.74) is 3.14. The highest BCUT2D eigenvalue weighted by molar-refractivity contribution is 7.22. The lowest BCUT2D eigenvalue weighted by molar-refractivity contribution is -0.121. The molecule has 3 aromatic rings. The van der Waals surface area contributed by atoms with E-state index in [1.165, 1.54) is 5.56 Å². The van der Waals surface area contributed by atoms with Crippen molar-refractivity contribution in [1.82, 2.24) is 4.98 Å². The summed E-state index contributed by atoms with van der Waals surface area (Å²) in [5, 5.41) is 0.784. The van der Waals surface area contributed by atoms with Crippen molar-refractivity contribution in [2.24, 2.45) is 5.92 Å². The Morgan fingerprint density at radius 1 is 1.16 bits per heavy atom. The first-order valence-corrected chi connectivity index (χ1v) is 9.86. The Morgan fingerprint density at radius 3 is 2.72 bits per heavy atom. The topological polar surface area (TPSA) is 33.2 Å². The molecule has 1 aliphatic carbocycles. The van der Waals surface area contributed by atoms with E-state index < -0.39 is 0 Å². The van der Waals surface area contributed by atoms with Crippen LogP contribution in [0.5, 0.6) is 0 Å². The molecule has 0 aliphatic heterocycles. The van der Waals surface area contributed by atoms with Crippen LogP contribution in [0.25, 0.3) is 10.2 Å². The molecule has 0 atom stereocenters. The van der Waals surface area contributed by atoms with E-state index >= 15 is 0 Å². The quantitative estimate of drug-likeness (QED) is 0.603. The number of rotatable bonds is 4. The summed E-state index contributed by atoms with van der Waals surface area (Å²) in [6.07, 6.45) is 5.25. The molecule has 0 saturated heterocycles. The molecule has 3 nitrogen and oxygen atoms in total. The fraction of sp³-hybridized carbons (Fsp3) is 0.333. The number of aryl methyl sites for hydroxylation is 1. The molecule has 1 fully saturated rings. The Labute approximate surface area is 152 Å². The van der Waals surface area contributed by atoms with Crippen molar-refractivity contribution in [2.45, 2.75) is 39.0 Å². The second-order valence-corrected chi connectivity index (χ2v) is 7.65. The third kappa shape index (κ3) is 3.19. The van der Waals surface area contributed by atoms with Gasteiger partial charge in [-0.15, -0.1) is 0 Å². The predicted octanol–water partition coefficient (Wildman–Crippen LogP) is 5.71.